The molecule has 1 aromatic heterocycles. The van der Waals surface area contributed by atoms with Gasteiger partial charge in [-0.25, -0.2) is 0 Å². The van der Waals surface area contributed by atoms with Crippen LogP contribution in [-0.4, -0.2) is 42.1 Å². The van der Waals surface area contributed by atoms with Gasteiger partial charge in [0, 0.05) is 44.6 Å². The number of anilines is 1. The summed E-state index contributed by atoms with van der Waals surface area (Å²) < 4.78 is 0. The zero-order chi connectivity index (χ0) is 12.4. The highest BCUT2D eigenvalue weighted by atomic mass is 35.5. The lowest BCUT2D eigenvalue weighted by molar-refractivity contribution is 0.187. The monoisotopic (exact) mass is 265 g/mol. The molecule has 2 aliphatic rings. The predicted octanol–water partition coefficient (Wildman–Crippen LogP) is 2.80. The van der Waals surface area contributed by atoms with Gasteiger partial charge in [0.25, 0.3) is 0 Å². The Kier molecular flexibility index (Phi) is 3.71. The first-order valence-electron chi connectivity index (χ1n) is 6.93. The molecule has 18 heavy (non-hydrogen) atoms. The van der Waals surface area contributed by atoms with Gasteiger partial charge in [0.05, 0.1) is 10.7 Å². The van der Waals surface area contributed by atoms with E-state index >= 15 is 0 Å². The van der Waals surface area contributed by atoms with Gasteiger partial charge in [-0.15, -0.1) is 0 Å². The van der Waals surface area contributed by atoms with Crippen molar-refractivity contribution < 1.29 is 0 Å². The van der Waals surface area contributed by atoms with E-state index in [-0.39, 0.29) is 0 Å². The third-order valence-corrected chi connectivity index (χ3v) is 4.54. The van der Waals surface area contributed by atoms with Crippen molar-refractivity contribution in [2.75, 3.05) is 31.1 Å². The highest BCUT2D eigenvalue weighted by Gasteiger charge is 2.26. The fourth-order valence-corrected chi connectivity index (χ4v) is 3.46. The Morgan fingerprint density at radius 1 is 1.11 bits per heavy atom. The van der Waals surface area contributed by atoms with Crippen molar-refractivity contribution in [1.29, 1.82) is 0 Å². The SMILES string of the molecule is Clc1cnccc1N1CCN(C2CCCC2)CC1. The van der Waals surface area contributed by atoms with Crippen LogP contribution in [0.1, 0.15) is 25.7 Å². The van der Waals surface area contributed by atoms with E-state index in [4.69, 9.17) is 11.6 Å². The zero-order valence-corrected chi connectivity index (χ0v) is 11.4. The number of piperazine rings is 1. The van der Waals surface area contributed by atoms with Gasteiger partial charge in [-0.3, -0.25) is 9.88 Å². The zero-order valence-electron chi connectivity index (χ0n) is 10.7. The molecule has 3 rings (SSSR count). The van der Waals surface area contributed by atoms with Crippen LogP contribution in [0.5, 0.6) is 0 Å². The number of hydrogen-bond acceptors (Lipinski definition) is 3. The standard InChI is InChI=1S/C14H20ClN3/c15-13-11-16-6-5-14(13)18-9-7-17(8-10-18)12-3-1-2-4-12/h5-6,11-12H,1-4,7-10H2. The third-order valence-electron chi connectivity index (χ3n) is 4.25. The molecule has 0 spiro atoms. The molecular formula is C14H20ClN3. The van der Waals surface area contributed by atoms with Crippen molar-refractivity contribution in [2.24, 2.45) is 0 Å². The maximum atomic E-state index is 6.20. The molecule has 1 saturated heterocycles. The van der Waals surface area contributed by atoms with E-state index < -0.39 is 0 Å². The van der Waals surface area contributed by atoms with Gasteiger partial charge in [-0.05, 0) is 18.9 Å². The van der Waals surface area contributed by atoms with E-state index in [9.17, 15) is 0 Å². The van der Waals surface area contributed by atoms with Crippen LogP contribution < -0.4 is 4.90 Å². The minimum Gasteiger partial charge on any atom is -0.368 e. The van der Waals surface area contributed by atoms with Gasteiger partial charge in [-0.1, -0.05) is 24.4 Å². The molecule has 98 valence electrons. The largest absolute Gasteiger partial charge is 0.368 e. The fourth-order valence-electron chi connectivity index (χ4n) is 3.22. The topological polar surface area (TPSA) is 19.4 Å². The molecule has 4 heteroatoms. The first kappa shape index (κ1) is 12.2. The lowest BCUT2D eigenvalue weighted by Crippen LogP contribution is -2.49. The number of halogens is 1. The van der Waals surface area contributed by atoms with E-state index in [1.54, 1.807) is 6.20 Å². The quantitative estimate of drug-likeness (QED) is 0.820. The second-order valence-electron chi connectivity index (χ2n) is 5.29. The molecule has 0 amide bonds. The smallest absolute Gasteiger partial charge is 0.0822 e. The molecule has 0 aromatic carbocycles. The van der Waals surface area contributed by atoms with Crippen LogP contribution >= 0.6 is 11.6 Å². The number of hydrogen-bond donors (Lipinski definition) is 0. The fraction of sp³-hybridized carbons (Fsp3) is 0.643. The normalized spacial score (nSPS) is 22.6. The molecule has 1 aromatic rings. The molecule has 0 radical (unpaired) electrons. The maximum Gasteiger partial charge on any atom is 0.0822 e. The molecule has 1 aliphatic carbocycles. The van der Waals surface area contributed by atoms with Crippen molar-refractivity contribution in [3.63, 3.8) is 0 Å². The summed E-state index contributed by atoms with van der Waals surface area (Å²) in [4.78, 5) is 9.10. The van der Waals surface area contributed by atoms with Crippen molar-refractivity contribution >= 4 is 17.3 Å². The Hall–Kier alpha value is -0.800. The van der Waals surface area contributed by atoms with Gasteiger partial charge in [0.15, 0.2) is 0 Å². The van der Waals surface area contributed by atoms with Crippen molar-refractivity contribution in [3.05, 3.63) is 23.5 Å². The van der Waals surface area contributed by atoms with Gasteiger partial charge < -0.3 is 4.90 Å². The summed E-state index contributed by atoms with van der Waals surface area (Å²) in [6.45, 7) is 4.51. The third kappa shape index (κ3) is 2.47. The number of aromatic nitrogens is 1. The summed E-state index contributed by atoms with van der Waals surface area (Å²) >= 11 is 6.20. The summed E-state index contributed by atoms with van der Waals surface area (Å²) in [6, 6.07) is 2.87. The average molecular weight is 266 g/mol. The van der Waals surface area contributed by atoms with Crippen molar-refractivity contribution in [3.8, 4) is 0 Å². The van der Waals surface area contributed by atoms with Crippen LogP contribution in [-0.2, 0) is 0 Å². The average Bonchev–Trinajstić information content (AvgIpc) is 2.94. The Labute approximate surface area is 114 Å². The molecule has 0 unspecified atom stereocenters. The molecule has 2 fully saturated rings. The molecule has 2 heterocycles. The minimum absolute atomic E-state index is 0.770. The minimum atomic E-state index is 0.770. The second-order valence-corrected chi connectivity index (χ2v) is 5.70. The van der Waals surface area contributed by atoms with Crippen LogP contribution in [0.2, 0.25) is 5.02 Å². The Balaban J connectivity index is 1.61. The van der Waals surface area contributed by atoms with Gasteiger partial charge in [-0.2, -0.15) is 0 Å². The first-order valence-corrected chi connectivity index (χ1v) is 7.31. The first-order chi connectivity index (χ1) is 8.84. The Morgan fingerprint density at radius 3 is 2.50 bits per heavy atom. The Bertz CT molecular complexity index is 396. The Morgan fingerprint density at radius 2 is 1.83 bits per heavy atom. The highest BCUT2D eigenvalue weighted by molar-refractivity contribution is 6.33. The molecule has 1 saturated carbocycles. The molecule has 0 N–H and O–H groups in total. The van der Waals surface area contributed by atoms with Crippen LogP contribution in [0.15, 0.2) is 18.5 Å². The van der Waals surface area contributed by atoms with E-state index in [1.165, 1.54) is 38.8 Å². The van der Waals surface area contributed by atoms with Crippen LogP contribution in [0.4, 0.5) is 5.69 Å². The van der Waals surface area contributed by atoms with Crippen molar-refractivity contribution in [1.82, 2.24) is 9.88 Å². The molecule has 3 nitrogen and oxygen atoms in total. The van der Waals surface area contributed by atoms with E-state index in [0.717, 1.165) is 29.8 Å². The summed E-state index contributed by atoms with van der Waals surface area (Å²) in [6.07, 6.45) is 9.19. The number of nitrogens with zero attached hydrogens (tertiary/aromatic N) is 3. The molecule has 0 bridgehead atoms. The number of pyridine rings is 1. The van der Waals surface area contributed by atoms with Crippen LogP contribution in [0.25, 0.3) is 0 Å². The van der Waals surface area contributed by atoms with Gasteiger partial charge in [0.1, 0.15) is 0 Å². The van der Waals surface area contributed by atoms with Crippen LogP contribution in [0.3, 0.4) is 0 Å². The van der Waals surface area contributed by atoms with Crippen molar-refractivity contribution in [2.45, 2.75) is 31.7 Å². The molecule has 1 aliphatic heterocycles. The maximum absolute atomic E-state index is 6.20. The van der Waals surface area contributed by atoms with E-state index in [0.29, 0.717) is 0 Å². The lowest BCUT2D eigenvalue weighted by Gasteiger charge is -2.39. The van der Waals surface area contributed by atoms with Crippen LogP contribution in [0, 0.1) is 0 Å². The summed E-state index contributed by atoms with van der Waals surface area (Å²) in [5, 5.41) is 0.770. The number of rotatable bonds is 2. The van der Waals surface area contributed by atoms with Gasteiger partial charge >= 0.3 is 0 Å². The van der Waals surface area contributed by atoms with Gasteiger partial charge in [0.2, 0.25) is 0 Å². The highest BCUT2D eigenvalue weighted by Crippen LogP contribution is 2.28. The summed E-state index contributed by atoms with van der Waals surface area (Å²) in [7, 11) is 0. The second kappa shape index (κ2) is 5.45. The predicted molar refractivity (Wildman–Crippen MR) is 75.3 cm³/mol. The van der Waals surface area contributed by atoms with E-state index in [1.807, 2.05) is 12.3 Å². The summed E-state index contributed by atoms with van der Waals surface area (Å²) in [5.74, 6) is 0. The molecule has 0 atom stereocenters. The lowest BCUT2D eigenvalue weighted by atomic mass is 10.1. The van der Waals surface area contributed by atoms with E-state index in [2.05, 4.69) is 14.8 Å². The summed E-state index contributed by atoms with van der Waals surface area (Å²) in [5.41, 5.74) is 1.14. The molecular weight excluding hydrogens is 246 g/mol.